The van der Waals surface area contributed by atoms with Gasteiger partial charge in [0, 0.05) is 38.6 Å². The van der Waals surface area contributed by atoms with E-state index in [4.69, 9.17) is 0 Å². The number of piperazine rings is 1. The van der Waals surface area contributed by atoms with Crippen LogP contribution in [0.25, 0.3) is 0 Å². The molecule has 1 N–H and O–H groups in total. The number of carbonyl (C=O) groups is 2. The van der Waals surface area contributed by atoms with E-state index in [1.54, 1.807) is 0 Å². The summed E-state index contributed by atoms with van der Waals surface area (Å²) in [6, 6.07) is 30.5. The van der Waals surface area contributed by atoms with Gasteiger partial charge in [-0.05, 0) is 23.1 Å². The van der Waals surface area contributed by atoms with Crippen molar-refractivity contribution < 1.29 is 9.59 Å². The van der Waals surface area contributed by atoms with Crippen molar-refractivity contribution in [1.82, 2.24) is 15.1 Å². The minimum atomic E-state index is -0.307. The van der Waals surface area contributed by atoms with Crippen molar-refractivity contribution in [2.24, 2.45) is 5.92 Å². The molecule has 0 aromatic heterocycles. The van der Waals surface area contributed by atoms with Gasteiger partial charge in [-0.15, -0.1) is 0 Å². The Morgan fingerprint density at radius 2 is 1.47 bits per heavy atom. The highest BCUT2D eigenvalue weighted by molar-refractivity contribution is 5.90. The molecule has 0 spiro atoms. The molecular formula is C29H31N3O2. The molecule has 0 aliphatic carbocycles. The quantitative estimate of drug-likeness (QED) is 0.620. The summed E-state index contributed by atoms with van der Waals surface area (Å²) < 4.78 is 0. The van der Waals surface area contributed by atoms with Crippen molar-refractivity contribution in [1.29, 1.82) is 0 Å². The zero-order chi connectivity index (χ0) is 23.3. The molecule has 1 unspecified atom stereocenters. The van der Waals surface area contributed by atoms with Crippen LogP contribution in [0, 0.1) is 5.92 Å². The summed E-state index contributed by atoms with van der Waals surface area (Å²) in [7, 11) is 0. The molecule has 34 heavy (non-hydrogen) atoms. The smallest absolute Gasteiger partial charge is 0.228 e. The Morgan fingerprint density at radius 1 is 0.882 bits per heavy atom. The standard InChI is InChI=1S/C29H31N3O2/c33-27-19-25(29(34)31-17-16-30-20-26(31)18-22-10-4-1-5-11-22)21-32(27)28(23-12-6-2-7-13-23)24-14-8-3-9-15-24/h1-15,25-26,28,30H,16-21H2/t25?,26-/m1/s1. The molecule has 0 bridgehead atoms. The molecule has 2 aliphatic heterocycles. The molecule has 2 amide bonds. The zero-order valence-corrected chi connectivity index (χ0v) is 19.3. The summed E-state index contributed by atoms with van der Waals surface area (Å²) in [5, 5.41) is 3.44. The third-order valence-corrected chi connectivity index (χ3v) is 7.00. The lowest BCUT2D eigenvalue weighted by molar-refractivity contribution is -0.138. The monoisotopic (exact) mass is 453 g/mol. The van der Waals surface area contributed by atoms with E-state index in [9.17, 15) is 9.59 Å². The van der Waals surface area contributed by atoms with Crippen molar-refractivity contribution in [2.45, 2.75) is 24.9 Å². The second kappa shape index (κ2) is 10.2. The van der Waals surface area contributed by atoms with Crippen LogP contribution in [0.1, 0.15) is 29.2 Å². The highest BCUT2D eigenvalue weighted by atomic mass is 16.2. The van der Waals surface area contributed by atoms with Gasteiger partial charge in [0.2, 0.25) is 11.8 Å². The van der Waals surface area contributed by atoms with Crippen LogP contribution >= 0.6 is 0 Å². The Kier molecular flexibility index (Phi) is 6.72. The van der Waals surface area contributed by atoms with Gasteiger partial charge in [0.15, 0.2) is 0 Å². The number of benzene rings is 3. The summed E-state index contributed by atoms with van der Waals surface area (Å²) in [5.41, 5.74) is 3.37. The van der Waals surface area contributed by atoms with Crippen molar-refractivity contribution in [2.75, 3.05) is 26.2 Å². The molecule has 2 heterocycles. The number of hydrogen-bond acceptors (Lipinski definition) is 3. The number of rotatable bonds is 6. The third-order valence-electron chi connectivity index (χ3n) is 7.00. The van der Waals surface area contributed by atoms with Crippen LogP contribution < -0.4 is 5.32 Å². The molecule has 2 atom stereocenters. The second-order valence-electron chi connectivity index (χ2n) is 9.25. The summed E-state index contributed by atoms with van der Waals surface area (Å²) in [6.45, 7) is 2.70. The van der Waals surface area contributed by atoms with Crippen LogP contribution in [0.15, 0.2) is 91.0 Å². The topological polar surface area (TPSA) is 52.7 Å². The van der Waals surface area contributed by atoms with Crippen LogP contribution in [-0.4, -0.2) is 53.8 Å². The molecular weight excluding hydrogens is 422 g/mol. The first-order valence-corrected chi connectivity index (χ1v) is 12.1. The molecule has 2 aliphatic rings. The largest absolute Gasteiger partial charge is 0.337 e. The summed E-state index contributed by atoms with van der Waals surface area (Å²) in [6.07, 6.45) is 1.09. The summed E-state index contributed by atoms with van der Waals surface area (Å²) >= 11 is 0. The maximum absolute atomic E-state index is 13.7. The zero-order valence-electron chi connectivity index (χ0n) is 19.3. The van der Waals surface area contributed by atoms with Crippen LogP contribution in [0.4, 0.5) is 0 Å². The minimum Gasteiger partial charge on any atom is -0.337 e. The number of nitrogens with zero attached hydrogens (tertiary/aromatic N) is 2. The number of hydrogen-bond donors (Lipinski definition) is 1. The predicted octanol–water partition coefficient (Wildman–Crippen LogP) is 3.67. The Labute approximate surface area is 201 Å². The van der Waals surface area contributed by atoms with E-state index in [1.165, 1.54) is 5.56 Å². The normalized spacial score (nSPS) is 20.7. The average Bonchev–Trinajstić information content (AvgIpc) is 3.27. The highest BCUT2D eigenvalue weighted by Crippen LogP contribution is 2.35. The van der Waals surface area contributed by atoms with E-state index in [0.717, 1.165) is 30.6 Å². The van der Waals surface area contributed by atoms with E-state index >= 15 is 0 Å². The fourth-order valence-corrected chi connectivity index (χ4v) is 5.32. The van der Waals surface area contributed by atoms with Crippen molar-refractivity contribution in [3.63, 3.8) is 0 Å². The van der Waals surface area contributed by atoms with Gasteiger partial charge in [-0.1, -0.05) is 91.0 Å². The molecule has 5 nitrogen and oxygen atoms in total. The van der Waals surface area contributed by atoms with Gasteiger partial charge in [-0.3, -0.25) is 9.59 Å². The number of nitrogens with one attached hydrogen (secondary N) is 1. The lowest BCUT2D eigenvalue weighted by Crippen LogP contribution is -2.56. The van der Waals surface area contributed by atoms with Gasteiger partial charge >= 0.3 is 0 Å². The van der Waals surface area contributed by atoms with E-state index in [1.807, 2.05) is 64.4 Å². The molecule has 0 saturated carbocycles. The van der Waals surface area contributed by atoms with Gasteiger partial charge < -0.3 is 15.1 Å². The van der Waals surface area contributed by atoms with E-state index in [2.05, 4.69) is 41.7 Å². The van der Waals surface area contributed by atoms with Gasteiger partial charge in [-0.25, -0.2) is 0 Å². The van der Waals surface area contributed by atoms with Crippen molar-refractivity contribution >= 4 is 11.8 Å². The van der Waals surface area contributed by atoms with Gasteiger partial charge in [0.1, 0.15) is 0 Å². The fraction of sp³-hybridized carbons (Fsp3) is 0.310. The van der Waals surface area contributed by atoms with Gasteiger partial charge in [0.25, 0.3) is 0 Å². The van der Waals surface area contributed by atoms with Gasteiger partial charge in [0.05, 0.1) is 12.0 Å². The first kappa shape index (κ1) is 22.4. The van der Waals surface area contributed by atoms with Crippen LogP contribution in [0.5, 0.6) is 0 Å². The Morgan fingerprint density at radius 3 is 2.09 bits per heavy atom. The maximum atomic E-state index is 13.7. The number of carbonyl (C=O) groups excluding carboxylic acids is 2. The van der Waals surface area contributed by atoms with E-state index in [0.29, 0.717) is 13.1 Å². The third kappa shape index (κ3) is 4.75. The van der Waals surface area contributed by atoms with Crippen molar-refractivity contribution in [3.8, 4) is 0 Å². The number of likely N-dealkylation sites (tertiary alicyclic amines) is 1. The Bertz CT molecular complexity index is 1060. The first-order chi connectivity index (χ1) is 16.7. The maximum Gasteiger partial charge on any atom is 0.228 e. The average molecular weight is 454 g/mol. The second-order valence-corrected chi connectivity index (χ2v) is 9.25. The molecule has 5 heteroatoms. The minimum absolute atomic E-state index is 0.0470. The SMILES string of the molecule is O=C1CC(C(=O)N2CCNC[C@H]2Cc2ccccc2)CN1C(c1ccccc1)c1ccccc1. The highest BCUT2D eigenvalue weighted by Gasteiger charge is 2.42. The van der Waals surface area contributed by atoms with Crippen LogP contribution in [0.3, 0.4) is 0 Å². The summed E-state index contributed by atoms with van der Waals surface area (Å²) in [4.78, 5) is 30.9. The van der Waals surface area contributed by atoms with Crippen LogP contribution in [0.2, 0.25) is 0 Å². The van der Waals surface area contributed by atoms with Crippen LogP contribution in [-0.2, 0) is 16.0 Å². The van der Waals surface area contributed by atoms with E-state index in [-0.39, 0.29) is 36.2 Å². The molecule has 2 saturated heterocycles. The van der Waals surface area contributed by atoms with Crippen molar-refractivity contribution in [3.05, 3.63) is 108 Å². The molecule has 174 valence electrons. The predicted molar refractivity (Wildman–Crippen MR) is 133 cm³/mol. The fourth-order valence-electron chi connectivity index (χ4n) is 5.32. The molecule has 3 aromatic carbocycles. The lowest BCUT2D eigenvalue weighted by atomic mass is 9.97. The Balaban J connectivity index is 1.36. The first-order valence-electron chi connectivity index (χ1n) is 12.1. The van der Waals surface area contributed by atoms with E-state index < -0.39 is 0 Å². The van der Waals surface area contributed by atoms with Gasteiger partial charge in [-0.2, -0.15) is 0 Å². The summed E-state index contributed by atoms with van der Waals surface area (Å²) in [5.74, 6) is -0.150. The lowest BCUT2D eigenvalue weighted by Gasteiger charge is -2.38. The molecule has 2 fully saturated rings. The Hall–Kier alpha value is -3.44. The molecule has 3 aromatic rings. The molecule has 5 rings (SSSR count). The number of amides is 2. The molecule has 0 radical (unpaired) electrons.